The molecule has 0 fully saturated rings. The number of carbonyl (C=O) groups is 1. The van der Waals surface area contributed by atoms with Crippen molar-refractivity contribution in [2.24, 2.45) is 0 Å². The van der Waals surface area contributed by atoms with Crippen molar-refractivity contribution in [3.05, 3.63) is 45.9 Å². The third-order valence-corrected chi connectivity index (χ3v) is 3.09. The lowest BCUT2D eigenvalue weighted by Gasteiger charge is -2.00. The molecule has 0 saturated heterocycles. The van der Waals surface area contributed by atoms with Crippen LogP contribution >= 0.6 is 11.3 Å². The summed E-state index contributed by atoms with van der Waals surface area (Å²) in [4.78, 5) is 15.3. The lowest BCUT2D eigenvalue weighted by atomic mass is 10.1. The Hall–Kier alpha value is -1.68. The van der Waals surface area contributed by atoms with Gasteiger partial charge < -0.3 is 5.11 Å². The van der Waals surface area contributed by atoms with Gasteiger partial charge in [-0.15, -0.1) is 11.3 Å². The quantitative estimate of drug-likeness (QED) is 0.829. The molecule has 0 spiro atoms. The highest BCUT2D eigenvalue weighted by molar-refractivity contribution is 7.09. The first-order valence-electron chi connectivity index (χ1n) is 4.89. The molecule has 0 aliphatic heterocycles. The van der Waals surface area contributed by atoms with Crippen molar-refractivity contribution in [3.63, 3.8) is 0 Å². The molecule has 3 nitrogen and oxygen atoms in total. The number of rotatable bonds is 3. The molecule has 0 unspecified atom stereocenters. The second-order valence-corrected chi connectivity index (χ2v) is 4.43. The predicted molar refractivity (Wildman–Crippen MR) is 63.0 cm³/mol. The zero-order valence-electron chi connectivity index (χ0n) is 8.80. The van der Waals surface area contributed by atoms with Gasteiger partial charge in [-0.25, -0.2) is 4.98 Å². The first kappa shape index (κ1) is 10.8. The number of aromatic hydroxyl groups is 1. The number of phenolic OH excluding ortho intramolecular Hbond substituents is 1. The van der Waals surface area contributed by atoms with E-state index in [1.54, 1.807) is 17.5 Å². The van der Waals surface area contributed by atoms with Crippen molar-refractivity contribution >= 4 is 17.1 Å². The molecule has 1 aromatic heterocycles. The number of para-hydroxylation sites is 1. The number of hydrogen-bond donors (Lipinski definition) is 1. The van der Waals surface area contributed by atoms with Crippen molar-refractivity contribution in [2.45, 2.75) is 13.3 Å². The Morgan fingerprint density at radius 1 is 1.44 bits per heavy atom. The van der Waals surface area contributed by atoms with Gasteiger partial charge in [0.15, 0.2) is 5.78 Å². The number of phenols is 1. The first-order chi connectivity index (χ1) is 7.66. The molecule has 82 valence electrons. The minimum absolute atomic E-state index is 0.0280. The van der Waals surface area contributed by atoms with E-state index in [1.165, 1.54) is 18.3 Å². The van der Waals surface area contributed by atoms with Crippen LogP contribution < -0.4 is 0 Å². The van der Waals surface area contributed by atoms with Gasteiger partial charge in [-0.2, -0.15) is 0 Å². The maximum atomic E-state index is 11.1. The normalized spacial score (nSPS) is 10.3. The first-order valence-corrected chi connectivity index (χ1v) is 5.77. The van der Waals surface area contributed by atoms with Gasteiger partial charge in [0.1, 0.15) is 11.4 Å². The monoisotopic (exact) mass is 233 g/mol. The molecule has 2 aromatic rings. The van der Waals surface area contributed by atoms with E-state index in [2.05, 4.69) is 4.98 Å². The van der Waals surface area contributed by atoms with Gasteiger partial charge in [-0.05, 0) is 6.07 Å². The van der Waals surface area contributed by atoms with E-state index in [4.69, 9.17) is 0 Å². The van der Waals surface area contributed by atoms with Crippen molar-refractivity contribution in [1.29, 1.82) is 0 Å². The van der Waals surface area contributed by atoms with Crippen LogP contribution in [0.5, 0.6) is 5.75 Å². The van der Waals surface area contributed by atoms with Crippen LogP contribution in [0.2, 0.25) is 0 Å². The number of ketones is 1. The summed E-state index contributed by atoms with van der Waals surface area (Å²) in [5, 5.41) is 12.2. The summed E-state index contributed by atoms with van der Waals surface area (Å²) in [5.41, 5.74) is 1.32. The van der Waals surface area contributed by atoms with E-state index in [0.29, 0.717) is 12.1 Å². The molecule has 1 N–H and O–H groups in total. The van der Waals surface area contributed by atoms with Gasteiger partial charge in [-0.3, -0.25) is 4.79 Å². The van der Waals surface area contributed by atoms with Gasteiger partial charge in [0.25, 0.3) is 0 Å². The maximum Gasteiger partial charge on any atom is 0.178 e. The summed E-state index contributed by atoms with van der Waals surface area (Å²) in [5.74, 6) is 0.238. The fraction of sp³-hybridized carbons (Fsp3) is 0.167. The fourth-order valence-corrected chi connectivity index (χ4v) is 2.23. The van der Waals surface area contributed by atoms with E-state index in [-0.39, 0.29) is 11.5 Å². The van der Waals surface area contributed by atoms with Crippen molar-refractivity contribution in [1.82, 2.24) is 4.98 Å². The van der Waals surface area contributed by atoms with Crippen molar-refractivity contribution in [3.8, 4) is 5.75 Å². The second kappa shape index (κ2) is 4.45. The van der Waals surface area contributed by atoms with Crippen LogP contribution in [0.4, 0.5) is 0 Å². The summed E-state index contributed by atoms with van der Waals surface area (Å²) in [6.45, 7) is 1.50. The number of benzene rings is 1. The molecule has 0 aliphatic carbocycles. The molecule has 0 radical (unpaired) electrons. The minimum atomic E-state index is -0.0280. The van der Waals surface area contributed by atoms with Crippen LogP contribution in [-0.2, 0) is 6.42 Å². The topological polar surface area (TPSA) is 50.2 Å². The summed E-state index contributed by atoms with van der Waals surface area (Å²) in [7, 11) is 0. The molecule has 0 aliphatic rings. The highest BCUT2D eigenvalue weighted by Crippen LogP contribution is 2.21. The molecule has 16 heavy (non-hydrogen) atoms. The van der Waals surface area contributed by atoms with Crippen LogP contribution in [0.25, 0.3) is 0 Å². The van der Waals surface area contributed by atoms with Gasteiger partial charge in [0.2, 0.25) is 0 Å². The molecule has 0 amide bonds. The third-order valence-electron chi connectivity index (χ3n) is 2.25. The zero-order valence-corrected chi connectivity index (χ0v) is 9.62. The van der Waals surface area contributed by atoms with Crippen LogP contribution in [0.3, 0.4) is 0 Å². The Balaban J connectivity index is 2.21. The summed E-state index contributed by atoms with van der Waals surface area (Å²) >= 11 is 1.44. The number of Topliss-reactive ketones (excluding diaryl/α,β-unsaturated/α-hetero) is 1. The highest BCUT2D eigenvalue weighted by atomic mass is 32.1. The lowest BCUT2D eigenvalue weighted by Crippen LogP contribution is -1.93. The fourth-order valence-electron chi connectivity index (χ4n) is 1.38. The molecule has 1 aromatic carbocycles. The average Bonchev–Trinajstić information content (AvgIpc) is 2.70. The van der Waals surface area contributed by atoms with E-state index < -0.39 is 0 Å². The standard InChI is InChI=1S/C12H11NO2S/c1-8(14)10-7-16-12(13-10)6-9-4-2-3-5-11(9)15/h2-5,7,15H,6H2,1H3. The molecular weight excluding hydrogens is 222 g/mol. The molecule has 4 heteroatoms. The van der Waals surface area contributed by atoms with Crippen molar-refractivity contribution < 1.29 is 9.90 Å². The van der Waals surface area contributed by atoms with Gasteiger partial charge >= 0.3 is 0 Å². The summed E-state index contributed by atoms with van der Waals surface area (Å²) in [6.07, 6.45) is 0.560. The number of hydrogen-bond acceptors (Lipinski definition) is 4. The molecular formula is C12H11NO2S. The smallest absolute Gasteiger partial charge is 0.178 e. The van der Waals surface area contributed by atoms with Crippen LogP contribution in [0, 0.1) is 0 Å². The average molecular weight is 233 g/mol. The van der Waals surface area contributed by atoms with Crippen molar-refractivity contribution in [2.75, 3.05) is 0 Å². The Morgan fingerprint density at radius 2 is 2.19 bits per heavy atom. The van der Waals surface area contributed by atoms with Gasteiger partial charge in [0, 0.05) is 24.3 Å². The highest BCUT2D eigenvalue weighted by Gasteiger charge is 2.08. The SMILES string of the molecule is CC(=O)c1csc(Cc2ccccc2O)n1. The van der Waals surface area contributed by atoms with E-state index in [0.717, 1.165) is 10.6 Å². The van der Waals surface area contributed by atoms with Crippen LogP contribution in [0.15, 0.2) is 29.6 Å². The van der Waals surface area contributed by atoms with Crippen LogP contribution in [-0.4, -0.2) is 15.9 Å². The van der Waals surface area contributed by atoms with Crippen LogP contribution in [0.1, 0.15) is 28.0 Å². The number of thiazole rings is 1. The zero-order chi connectivity index (χ0) is 11.5. The van der Waals surface area contributed by atoms with E-state index in [9.17, 15) is 9.90 Å². The second-order valence-electron chi connectivity index (χ2n) is 3.49. The molecule has 0 saturated carbocycles. The number of nitrogens with zero attached hydrogens (tertiary/aromatic N) is 1. The Morgan fingerprint density at radius 3 is 2.81 bits per heavy atom. The lowest BCUT2D eigenvalue weighted by molar-refractivity contribution is 0.101. The largest absolute Gasteiger partial charge is 0.508 e. The van der Waals surface area contributed by atoms with E-state index >= 15 is 0 Å². The Labute approximate surface area is 97.4 Å². The molecule has 2 rings (SSSR count). The number of aromatic nitrogens is 1. The number of carbonyl (C=O) groups excluding carboxylic acids is 1. The van der Waals surface area contributed by atoms with E-state index in [1.807, 2.05) is 12.1 Å². The maximum absolute atomic E-state index is 11.1. The minimum Gasteiger partial charge on any atom is -0.508 e. The summed E-state index contributed by atoms with van der Waals surface area (Å²) < 4.78 is 0. The molecule has 0 bridgehead atoms. The van der Waals surface area contributed by atoms with Gasteiger partial charge in [-0.1, -0.05) is 18.2 Å². The predicted octanol–water partition coefficient (Wildman–Crippen LogP) is 2.64. The molecule has 1 heterocycles. The summed E-state index contributed by atoms with van der Waals surface area (Å²) in [6, 6.07) is 7.15. The molecule has 0 atom stereocenters. The third kappa shape index (κ3) is 2.28. The Bertz CT molecular complexity index is 519. The van der Waals surface area contributed by atoms with Gasteiger partial charge in [0.05, 0.1) is 5.01 Å². The Kier molecular flexibility index (Phi) is 3.01.